The SMILES string of the molecule is Cc1cc(N)c2cc(C3=NC(c4ccc5nc(C)cc(N)c5c4)N(N)C(N4CCN(CCO)CC4)=N3)ccc2n1. The van der Waals surface area contributed by atoms with Crippen LogP contribution in [-0.2, 0) is 0 Å². The van der Waals surface area contributed by atoms with Gasteiger partial charge in [0, 0.05) is 71.8 Å². The fraction of sp³-hybridized carbons (Fsp3) is 0.310. The quantitative estimate of drug-likeness (QED) is 0.286. The largest absolute Gasteiger partial charge is 0.398 e. The van der Waals surface area contributed by atoms with Crippen LogP contribution in [0.5, 0.6) is 0 Å². The molecule has 1 unspecified atom stereocenters. The number of nitrogens with two attached hydrogens (primary N) is 3. The predicted molar refractivity (Wildman–Crippen MR) is 160 cm³/mol. The average Bonchev–Trinajstić information content (AvgIpc) is 2.93. The van der Waals surface area contributed by atoms with E-state index in [-0.39, 0.29) is 6.61 Å². The zero-order chi connectivity index (χ0) is 28.0. The van der Waals surface area contributed by atoms with Gasteiger partial charge in [-0.3, -0.25) is 19.9 Å². The third-order valence-electron chi connectivity index (χ3n) is 7.53. The maximum absolute atomic E-state index is 9.37. The fourth-order valence-corrected chi connectivity index (χ4v) is 5.49. The molecule has 4 aromatic rings. The highest BCUT2D eigenvalue weighted by Gasteiger charge is 2.32. The number of rotatable bonds is 4. The van der Waals surface area contributed by atoms with Crippen LogP contribution in [0.4, 0.5) is 11.4 Å². The minimum atomic E-state index is -0.535. The Morgan fingerprint density at radius 2 is 1.48 bits per heavy atom. The van der Waals surface area contributed by atoms with E-state index in [9.17, 15) is 5.11 Å². The molecule has 1 saturated heterocycles. The molecule has 4 heterocycles. The van der Waals surface area contributed by atoms with Crippen molar-refractivity contribution in [3.05, 3.63) is 71.0 Å². The molecule has 40 heavy (non-hydrogen) atoms. The third-order valence-corrected chi connectivity index (χ3v) is 7.53. The molecule has 1 fully saturated rings. The number of aliphatic hydroxyl groups excluding tert-OH is 1. The van der Waals surface area contributed by atoms with Crippen molar-refractivity contribution >= 4 is 45.0 Å². The smallest absolute Gasteiger partial charge is 0.220 e. The van der Waals surface area contributed by atoms with Crippen LogP contribution >= 0.6 is 0 Å². The number of benzene rings is 2. The molecule has 11 heteroatoms. The van der Waals surface area contributed by atoms with Crippen LogP contribution in [0.25, 0.3) is 21.8 Å². The molecule has 0 aliphatic carbocycles. The minimum absolute atomic E-state index is 0.141. The van der Waals surface area contributed by atoms with E-state index < -0.39 is 6.17 Å². The topological polar surface area (TPSA) is 159 Å². The van der Waals surface area contributed by atoms with Gasteiger partial charge >= 0.3 is 0 Å². The minimum Gasteiger partial charge on any atom is -0.398 e. The molecule has 6 rings (SSSR count). The van der Waals surface area contributed by atoms with E-state index in [1.165, 1.54) is 0 Å². The van der Waals surface area contributed by atoms with Gasteiger partial charge in [-0.15, -0.1) is 0 Å². The lowest BCUT2D eigenvalue weighted by molar-refractivity contribution is 0.135. The van der Waals surface area contributed by atoms with Gasteiger partial charge < -0.3 is 21.5 Å². The number of fused-ring (bicyclic) bond motifs is 2. The summed E-state index contributed by atoms with van der Waals surface area (Å²) in [5.41, 5.74) is 19.2. The Morgan fingerprint density at radius 1 is 0.850 bits per heavy atom. The van der Waals surface area contributed by atoms with E-state index >= 15 is 0 Å². The summed E-state index contributed by atoms with van der Waals surface area (Å²) in [4.78, 5) is 23.7. The Kier molecular flexibility index (Phi) is 6.70. The highest BCUT2D eigenvalue weighted by molar-refractivity contribution is 6.09. The number of hydrogen-bond acceptors (Lipinski definition) is 11. The van der Waals surface area contributed by atoms with Gasteiger partial charge in [-0.05, 0) is 61.9 Å². The van der Waals surface area contributed by atoms with Gasteiger partial charge in [0.1, 0.15) is 0 Å². The molecule has 0 saturated carbocycles. The maximum Gasteiger partial charge on any atom is 0.220 e. The number of aromatic nitrogens is 2. The van der Waals surface area contributed by atoms with Gasteiger partial charge in [0.25, 0.3) is 0 Å². The van der Waals surface area contributed by atoms with E-state index in [1.807, 2.05) is 62.4 Å². The summed E-state index contributed by atoms with van der Waals surface area (Å²) in [6.07, 6.45) is -0.535. The number of piperazine rings is 1. The molecule has 1 atom stereocenters. The van der Waals surface area contributed by atoms with Crippen molar-refractivity contribution in [1.29, 1.82) is 0 Å². The van der Waals surface area contributed by atoms with Gasteiger partial charge in [-0.25, -0.2) is 10.8 Å². The van der Waals surface area contributed by atoms with Crippen LogP contribution in [0.2, 0.25) is 0 Å². The van der Waals surface area contributed by atoms with E-state index in [4.69, 9.17) is 27.3 Å². The predicted octanol–water partition coefficient (Wildman–Crippen LogP) is 2.16. The van der Waals surface area contributed by atoms with Crippen molar-refractivity contribution in [2.24, 2.45) is 15.8 Å². The number of aryl methyl sites for hydroxylation is 2. The number of aliphatic imine (C=N–C) groups is 2. The second kappa shape index (κ2) is 10.3. The Hall–Kier alpha value is -4.32. The molecule has 2 aliphatic rings. The second-order valence-corrected chi connectivity index (χ2v) is 10.4. The monoisotopic (exact) mass is 538 g/mol. The first-order chi connectivity index (χ1) is 19.3. The van der Waals surface area contributed by atoms with Crippen molar-refractivity contribution in [2.75, 3.05) is 50.8 Å². The highest BCUT2D eigenvalue weighted by Crippen LogP contribution is 2.31. The van der Waals surface area contributed by atoms with Crippen molar-refractivity contribution in [2.45, 2.75) is 20.0 Å². The van der Waals surface area contributed by atoms with Crippen LogP contribution in [-0.4, -0.2) is 81.0 Å². The fourth-order valence-electron chi connectivity index (χ4n) is 5.49. The molecule has 206 valence electrons. The number of hydrogen-bond donors (Lipinski definition) is 4. The van der Waals surface area contributed by atoms with Crippen molar-refractivity contribution in [3.8, 4) is 0 Å². The molecular formula is C29H34N10O. The first-order valence-electron chi connectivity index (χ1n) is 13.4. The lowest BCUT2D eigenvalue weighted by Gasteiger charge is -2.41. The van der Waals surface area contributed by atoms with Crippen molar-refractivity contribution < 1.29 is 5.11 Å². The summed E-state index contributed by atoms with van der Waals surface area (Å²) < 4.78 is 0. The lowest BCUT2D eigenvalue weighted by Crippen LogP contribution is -2.57. The molecule has 0 amide bonds. The third kappa shape index (κ3) is 4.79. The van der Waals surface area contributed by atoms with Crippen LogP contribution in [0.15, 0.2) is 58.5 Å². The molecule has 0 spiro atoms. The summed E-state index contributed by atoms with van der Waals surface area (Å²) in [6.45, 7) is 7.72. The number of hydrazine groups is 1. The van der Waals surface area contributed by atoms with E-state index in [0.717, 1.165) is 70.5 Å². The van der Waals surface area contributed by atoms with Gasteiger partial charge in [-0.2, -0.15) is 4.99 Å². The van der Waals surface area contributed by atoms with Crippen LogP contribution in [0.1, 0.15) is 28.7 Å². The molecule has 2 aromatic heterocycles. The summed E-state index contributed by atoms with van der Waals surface area (Å²) in [5, 5.41) is 12.7. The molecule has 11 nitrogen and oxygen atoms in total. The first kappa shape index (κ1) is 25.9. The normalized spacial score (nSPS) is 18.4. The number of pyridine rings is 2. The van der Waals surface area contributed by atoms with Crippen LogP contribution in [0, 0.1) is 13.8 Å². The highest BCUT2D eigenvalue weighted by atomic mass is 16.3. The van der Waals surface area contributed by atoms with Gasteiger partial charge in [-0.1, -0.05) is 6.07 Å². The summed E-state index contributed by atoms with van der Waals surface area (Å²) in [7, 11) is 0. The van der Waals surface area contributed by atoms with E-state index in [2.05, 4.69) is 19.8 Å². The Morgan fingerprint density at radius 3 is 2.12 bits per heavy atom. The number of anilines is 2. The number of guanidine groups is 1. The van der Waals surface area contributed by atoms with Crippen molar-refractivity contribution in [1.82, 2.24) is 24.8 Å². The molecular weight excluding hydrogens is 504 g/mol. The Balaban J connectivity index is 1.44. The summed E-state index contributed by atoms with van der Waals surface area (Å²) >= 11 is 0. The molecule has 2 aliphatic heterocycles. The van der Waals surface area contributed by atoms with Crippen LogP contribution in [0.3, 0.4) is 0 Å². The second-order valence-electron chi connectivity index (χ2n) is 10.4. The Bertz CT molecular complexity index is 1660. The van der Waals surface area contributed by atoms with Gasteiger partial charge in [0.15, 0.2) is 12.0 Å². The van der Waals surface area contributed by atoms with E-state index in [0.29, 0.717) is 29.7 Å². The number of amidine groups is 1. The van der Waals surface area contributed by atoms with E-state index in [1.54, 1.807) is 5.01 Å². The summed E-state index contributed by atoms with van der Waals surface area (Å²) in [6, 6.07) is 15.6. The standard InChI is InChI=1S/C29H34N10O/c1-17-13-23(30)21-15-19(3-5-25(21)33-17)27-35-28(20-4-6-26-22(16-20)24(31)14-18(2)34-26)39(32)29(36-27)38-9-7-37(8-10-38)11-12-40/h3-6,13-16,28,40H,7-12,32H2,1-2H3,(H2,30,33)(H2,31,34). The molecule has 0 radical (unpaired) electrons. The summed E-state index contributed by atoms with van der Waals surface area (Å²) in [5.74, 6) is 7.99. The van der Waals surface area contributed by atoms with Crippen LogP contribution < -0.4 is 17.3 Å². The first-order valence-corrected chi connectivity index (χ1v) is 13.4. The number of nitrogens with zero attached hydrogens (tertiary/aromatic N) is 7. The Labute approximate surface area is 232 Å². The molecule has 0 bridgehead atoms. The molecule has 2 aromatic carbocycles. The van der Waals surface area contributed by atoms with Gasteiger partial charge in [0.2, 0.25) is 5.96 Å². The average molecular weight is 539 g/mol. The molecule has 7 N–H and O–H groups in total. The zero-order valence-corrected chi connectivity index (χ0v) is 22.7. The number of β-amino-alcohol motifs (C(OH)–C–C–N with tert-alkyl or cyclic N) is 1. The lowest BCUT2D eigenvalue weighted by atomic mass is 10.1. The van der Waals surface area contributed by atoms with Gasteiger partial charge in [0.05, 0.1) is 17.6 Å². The maximum atomic E-state index is 9.37. The number of nitrogen functional groups attached to an aromatic ring is 2. The zero-order valence-electron chi connectivity index (χ0n) is 22.7. The number of aliphatic hydroxyl groups is 1. The van der Waals surface area contributed by atoms with Crippen molar-refractivity contribution in [3.63, 3.8) is 0 Å².